The minimum atomic E-state index is -0.669. The normalized spacial score (nSPS) is 17.2. The van der Waals surface area contributed by atoms with E-state index in [9.17, 15) is 14.7 Å². The fourth-order valence-corrected chi connectivity index (χ4v) is 4.17. The third kappa shape index (κ3) is 4.51. The van der Waals surface area contributed by atoms with Gasteiger partial charge in [0.2, 0.25) is 5.78 Å². The molecule has 2 aliphatic rings. The molecule has 34 heavy (non-hydrogen) atoms. The molecule has 1 saturated heterocycles. The van der Waals surface area contributed by atoms with Crippen molar-refractivity contribution < 1.29 is 38.4 Å². The molecule has 2 aliphatic heterocycles. The third-order valence-electron chi connectivity index (χ3n) is 5.96. The summed E-state index contributed by atoms with van der Waals surface area (Å²) in [4.78, 5) is 27.4. The van der Waals surface area contributed by atoms with Crippen molar-refractivity contribution in [3.8, 4) is 23.0 Å². The van der Waals surface area contributed by atoms with Gasteiger partial charge in [-0.15, -0.1) is 0 Å². The van der Waals surface area contributed by atoms with Crippen LogP contribution in [0, 0.1) is 0 Å². The average Bonchev–Trinajstić information content (AvgIpc) is 3.17. The average molecular weight is 469 g/mol. The molecule has 0 spiro atoms. The van der Waals surface area contributed by atoms with Gasteiger partial charge < -0.3 is 33.7 Å². The lowest BCUT2D eigenvalue weighted by Gasteiger charge is -2.25. The van der Waals surface area contributed by atoms with Crippen molar-refractivity contribution in [2.24, 2.45) is 0 Å². The van der Waals surface area contributed by atoms with E-state index in [0.29, 0.717) is 54.5 Å². The lowest BCUT2D eigenvalue weighted by Crippen LogP contribution is -2.32. The van der Waals surface area contributed by atoms with E-state index in [1.54, 1.807) is 24.4 Å². The molecule has 0 aliphatic carbocycles. The molecule has 0 aromatic heterocycles. The van der Waals surface area contributed by atoms with E-state index in [0.717, 1.165) is 0 Å². The molecule has 9 nitrogen and oxygen atoms in total. The van der Waals surface area contributed by atoms with Crippen LogP contribution in [0.25, 0.3) is 0 Å². The number of hydrogen-bond acceptors (Lipinski definition) is 9. The second-order valence-corrected chi connectivity index (χ2v) is 7.90. The van der Waals surface area contributed by atoms with Gasteiger partial charge in [-0.1, -0.05) is 6.07 Å². The molecule has 2 aromatic carbocycles. The van der Waals surface area contributed by atoms with Gasteiger partial charge >= 0.3 is 5.97 Å². The van der Waals surface area contributed by atoms with Crippen molar-refractivity contribution in [3.05, 3.63) is 59.0 Å². The van der Waals surface area contributed by atoms with Gasteiger partial charge in [-0.3, -0.25) is 9.59 Å². The van der Waals surface area contributed by atoms with Gasteiger partial charge in [0, 0.05) is 30.8 Å². The number of allylic oxidation sites excluding steroid dienone is 1. The van der Waals surface area contributed by atoms with Gasteiger partial charge in [-0.05, 0) is 29.8 Å². The number of methoxy groups -OCH3 is 3. The number of hydrogen-bond donors (Lipinski definition) is 1. The number of fused-ring (bicyclic) bond motifs is 1. The third-order valence-corrected chi connectivity index (χ3v) is 5.96. The highest BCUT2D eigenvalue weighted by Crippen LogP contribution is 2.47. The number of ether oxygens (including phenoxy) is 5. The summed E-state index contributed by atoms with van der Waals surface area (Å²) < 4.78 is 27.0. The number of morpholine rings is 1. The summed E-state index contributed by atoms with van der Waals surface area (Å²) in [5, 5.41) is 10.9. The first-order valence-corrected chi connectivity index (χ1v) is 10.9. The molecule has 0 amide bonds. The van der Waals surface area contributed by atoms with Crippen LogP contribution < -0.4 is 14.2 Å². The minimum Gasteiger partial charge on any atom is -0.508 e. The highest BCUT2D eigenvalue weighted by Gasteiger charge is 2.36. The number of esters is 1. The summed E-state index contributed by atoms with van der Waals surface area (Å²) in [5.41, 5.74) is 1.31. The molecule has 0 bridgehead atoms. The first-order chi connectivity index (χ1) is 16.5. The number of carbonyl (C=O) groups is 2. The first kappa shape index (κ1) is 23.4. The van der Waals surface area contributed by atoms with E-state index >= 15 is 0 Å². The van der Waals surface area contributed by atoms with E-state index in [-0.39, 0.29) is 29.5 Å². The van der Waals surface area contributed by atoms with E-state index in [2.05, 4.69) is 0 Å². The van der Waals surface area contributed by atoms with Gasteiger partial charge in [-0.2, -0.15) is 0 Å². The van der Waals surface area contributed by atoms with E-state index in [4.69, 9.17) is 23.7 Å². The Bertz CT molecular complexity index is 1120. The zero-order chi connectivity index (χ0) is 24.2. The minimum absolute atomic E-state index is 0.0872. The van der Waals surface area contributed by atoms with Gasteiger partial charge in [0.05, 0.1) is 46.5 Å². The Morgan fingerprint density at radius 3 is 2.53 bits per heavy atom. The number of carbonyl (C=O) groups excluding carboxylic acids is 2. The Hall–Kier alpha value is -3.72. The zero-order valence-corrected chi connectivity index (χ0v) is 19.3. The van der Waals surface area contributed by atoms with E-state index in [1.165, 1.54) is 33.5 Å². The number of benzene rings is 2. The predicted octanol–water partition coefficient (Wildman–Crippen LogP) is 2.85. The number of aromatic hydroxyl groups is 1. The summed E-state index contributed by atoms with van der Waals surface area (Å²) >= 11 is 0. The molecule has 1 fully saturated rings. The lowest BCUT2D eigenvalue weighted by molar-refractivity contribution is -0.140. The predicted molar refractivity (Wildman–Crippen MR) is 122 cm³/mol. The van der Waals surface area contributed by atoms with Crippen LogP contribution in [0.3, 0.4) is 0 Å². The Morgan fingerprint density at radius 2 is 1.85 bits per heavy atom. The zero-order valence-electron chi connectivity index (χ0n) is 19.3. The molecule has 0 saturated carbocycles. The van der Waals surface area contributed by atoms with E-state index < -0.39 is 11.9 Å². The first-order valence-electron chi connectivity index (χ1n) is 10.9. The molecular weight excluding hydrogens is 442 g/mol. The fourth-order valence-electron chi connectivity index (χ4n) is 4.17. The van der Waals surface area contributed by atoms with E-state index in [1.807, 2.05) is 4.90 Å². The molecule has 2 aromatic rings. The second kappa shape index (κ2) is 10.0. The molecule has 2 heterocycles. The van der Waals surface area contributed by atoms with Crippen molar-refractivity contribution >= 4 is 11.8 Å². The Balaban J connectivity index is 1.79. The van der Waals surface area contributed by atoms with Crippen molar-refractivity contribution in [3.63, 3.8) is 0 Å². The van der Waals surface area contributed by atoms with Gasteiger partial charge in [0.15, 0.2) is 17.3 Å². The molecule has 1 N–H and O–H groups in total. The molecule has 4 rings (SSSR count). The maximum atomic E-state index is 13.1. The quantitative estimate of drug-likeness (QED) is 0.484. The van der Waals surface area contributed by atoms with Crippen LogP contribution in [0.5, 0.6) is 23.0 Å². The summed E-state index contributed by atoms with van der Waals surface area (Å²) in [5.74, 6) is -0.154. The SMILES string of the molecule is COC(=O)CC(c1ccc(OC)c(OC)c1)c1c(O)ccc2c1OC(=CN1CCOCC1)C2=O. The Morgan fingerprint density at radius 1 is 1.12 bits per heavy atom. The monoisotopic (exact) mass is 469 g/mol. The number of rotatable bonds is 7. The van der Waals surface area contributed by atoms with Crippen molar-refractivity contribution in [1.29, 1.82) is 0 Å². The van der Waals surface area contributed by atoms with Crippen LogP contribution in [0.1, 0.15) is 33.8 Å². The highest BCUT2D eigenvalue weighted by molar-refractivity contribution is 6.12. The summed E-state index contributed by atoms with van der Waals surface area (Å²) in [6, 6.07) is 8.19. The molecule has 180 valence electrons. The fraction of sp³-hybridized carbons (Fsp3) is 0.360. The largest absolute Gasteiger partial charge is 0.508 e. The van der Waals surface area contributed by atoms with Crippen LogP contribution in [0.4, 0.5) is 0 Å². The smallest absolute Gasteiger partial charge is 0.306 e. The van der Waals surface area contributed by atoms with Crippen LogP contribution in [0.15, 0.2) is 42.3 Å². The Kier molecular flexibility index (Phi) is 6.93. The van der Waals surface area contributed by atoms with Gasteiger partial charge in [-0.25, -0.2) is 0 Å². The molecule has 9 heteroatoms. The number of phenolic OH excluding ortho intramolecular Hbond substituents is 1. The van der Waals surface area contributed by atoms with Gasteiger partial charge in [0.1, 0.15) is 11.5 Å². The summed E-state index contributed by atoms with van der Waals surface area (Å²) in [6.07, 6.45) is 1.59. The molecular formula is C25H27NO8. The van der Waals surface area contributed by atoms with Crippen LogP contribution in [0.2, 0.25) is 0 Å². The van der Waals surface area contributed by atoms with Crippen molar-refractivity contribution in [2.75, 3.05) is 47.6 Å². The Labute approximate surface area is 197 Å². The highest BCUT2D eigenvalue weighted by atomic mass is 16.5. The maximum Gasteiger partial charge on any atom is 0.306 e. The van der Waals surface area contributed by atoms with Crippen molar-refractivity contribution in [2.45, 2.75) is 12.3 Å². The molecule has 1 atom stereocenters. The number of ketones is 1. The number of Topliss-reactive ketones (excluding diaryl/α,β-unsaturated/α-hetero) is 1. The van der Waals surface area contributed by atoms with Crippen molar-refractivity contribution in [1.82, 2.24) is 4.90 Å². The second-order valence-electron chi connectivity index (χ2n) is 7.90. The molecule has 1 unspecified atom stereocenters. The van der Waals surface area contributed by atoms with Crippen LogP contribution in [-0.4, -0.2) is 69.4 Å². The standard InChI is InChI=1S/C25H27NO8/c1-30-19-7-4-15(12-20(19)31-2)17(13-22(28)32-3)23-18(27)6-5-16-24(29)21(34-25(16)23)14-26-8-10-33-11-9-26/h4-7,12,14,17,27H,8-11,13H2,1-3H3. The topological polar surface area (TPSA) is 104 Å². The summed E-state index contributed by atoms with van der Waals surface area (Å²) in [7, 11) is 4.34. The number of nitrogens with zero attached hydrogens (tertiary/aromatic N) is 1. The molecule has 0 radical (unpaired) electrons. The van der Waals surface area contributed by atoms with Crippen LogP contribution >= 0.6 is 0 Å². The lowest BCUT2D eigenvalue weighted by atomic mass is 9.86. The summed E-state index contributed by atoms with van der Waals surface area (Å²) in [6.45, 7) is 2.42. The maximum absolute atomic E-state index is 13.1. The van der Waals surface area contributed by atoms with Gasteiger partial charge in [0.25, 0.3) is 0 Å². The number of phenols is 1. The van der Waals surface area contributed by atoms with Crippen LogP contribution in [-0.2, 0) is 14.3 Å².